The molecule has 0 saturated carbocycles. The van der Waals surface area contributed by atoms with E-state index in [4.69, 9.17) is 0 Å². The number of fused-ring (bicyclic) bond motifs is 1. The largest absolute Gasteiger partial charge is 0.460 e. The third-order valence-electron chi connectivity index (χ3n) is 3.62. The fraction of sp³-hybridized carbons (Fsp3) is 0.462. The number of para-hydroxylation sites is 2. The van der Waals surface area contributed by atoms with Gasteiger partial charge in [0.05, 0.1) is 11.0 Å². The van der Waals surface area contributed by atoms with Crippen LogP contribution in [0.25, 0.3) is 11.0 Å². The minimum Gasteiger partial charge on any atom is -0.337 e. The van der Waals surface area contributed by atoms with E-state index in [2.05, 4.69) is 4.98 Å². The van der Waals surface area contributed by atoms with E-state index in [1.165, 1.54) is 4.98 Å². The van der Waals surface area contributed by atoms with Gasteiger partial charge in [-0.1, -0.05) is 12.1 Å². The van der Waals surface area contributed by atoms with Gasteiger partial charge in [-0.15, -0.1) is 0 Å². The normalized spacial score (nSPS) is 15.3. The number of H-pyrrole nitrogens is 1. The van der Waals surface area contributed by atoms with Crippen LogP contribution in [0.2, 0.25) is 0 Å². The van der Waals surface area contributed by atoms with Gasteiger partial charge < -0.3 is 4.98 Å². The molecule has 2 nitrogen and oxygen atoms in total. The van der Waals surface area contributed by atoms with Crippen molar-refractivity contribution in [1.29, 1.82) is 0 Å². The molecule has 2 rings (SSSR count). The molecule has 1 heterocycles. The van der Waals surface area contributed by atoms with Crippen molar-refractivity contribution in [3.05, 3.63) is 30.1 Å². The Labute approximate surface area is 145 Å². The molecular formula is C13H5F13N2. The number of imidazole rings is 1. The lowest BCUT2D eigenvalue weighted by Gasteiger charge is -2.39. The zero-order valence-corrected chi connectivity index (χ0v) is 12.7. The molecule has 0 aliphatic rings. The second-order valence-electron chi connectivity index (χ2n) is 5.47. The average molecular weight is 436 g/mol. The predicted molar refractivity (Wildman–Crippen MR) is 65.8 cm³/mol. The summed E-state index contributed by atoms with van der Waals surface area (Å²) in [6.07, 6.45) is -7.44. The summed E-state index contributed by atoms with van der Waals surface area (Å²) in [6, 6.07) is 4.13. The molecule has 0 spiro atoms. The maximum absolute atomic E-state index is 13.9. The molecule has 0 atom stereocenters. The first kappa shape index (κ1) is 22.1. The van der Waals surface area contributed by atoms with E-state index in [0.29, 0.717) is 0 Å². The minimum atomic E-state index is -7.93. The second kappa shape index (κ2) is 5.89. The summed E-state index contributed by atoms with van der Waals surface area (Å²) >= 11 is 0. The molecule has 0 amide bonds. The Morgan fingerprint density at radius 3 is 1.54 bits per heavy atom. The number of halogens is 13. The van der Waals surface area contributed by atoms with Gasteiger partial charge in [-0.2, -0.15) is 57.1 Å². The Morgan fingerprint density at radius 2 is 1.07 bits per heavy atom. The van der Waals surface area contributed by atoms with Gasteiger partial charge >= 0.3 is 35.8 Å². The van der Waals surface area contributed by atoms with E-state index in [0.717, 1.165) is 24.3 Å². The highest BCUT2D eigenvalue weighted by atomic mass is 19.4. The number of aromatic nitrogens is 2. The van der Waals surface area contributed by atoms with Crippen molar-refractivity contribution < 1.29 is 57.1 Å². The molecule has 1 N–H and O–H groups in total. The van der Waals surface area contributed by atoms with Crippen LogP contribution in [0.3, 0.4) is 0 Å². The van der Waals surface area contributed by atoms with E-state index < -0.39 is 52.6 Å². The first-order valence-electron chi connectivity index (χ1n) is 6.73. The summed E-state index contributed by atoms with van der Waals surface area (Å²) in [5, 5.41) is 0. The van der Waals surface area contributed by atoms with Crippen LogP contribution >= 0.6 is 0 Å². The Bertz CT molecular complexity index is 832. The topological polar surface area (TPSA) is 28.7 Å². The zero-order chi connectivity index (χ0) is 22.0. The van der Waals surface area contributed by atoms with Crippen molar-refractivity contribution >= 4 is 11.0 Å². The number of aromatic amines is 1. The van der Waals surface area contributed by atoms with Crippen LogP contribution in [-0.2, 0) is 5.92 Å². The van der Waals surface area contributed by atoms with Crippen LogP contribution in [-0.4, -0.2) is 39.8 Å². The van der Waals surface area contributed by atoms with Crippen molar-refractivity contribution in [2.24, 2.45) is 0 Å². The summed E-state index contributed by atoms with van der Waals surface area (Å²) in [5.74, 6) is -39.7. The lowest BCUT2D eigenvalue weighted by molar-refractivity contribution is -0.442. The van der Waals surface area contributed by atoms with Crippen LogP contribution in [0, 0.1) is 0 Å². The molecule has 1 aromatic carbocycles. The molecule has 28 heavy (non-hydrogen) atoms. The quantitative estimate of drug-likeness (QED) is 0.594. The molecule has 0 aliphatic heterocycles. The van der Waals surface area contributed by atoms with Crippen LogP contribution in [0.1, 0.15) is 5.82 Å². The SMILES string of the molecule is FC(F)(F)C(F)(F)C(F)(F)C(F)(F)C(F)(F)C(F)(F)c1nc2ccccc2[nH]1. The maximum Gasteiger partial charge on any atom is 0.460 e. The highest BCUT2D eigenvalue weighted by Gasteiger charge is 2.91. The first-order chi connectivity index (χ1) is 12.3. The number of benzene rings is 1. The van der Waals surface area contributed by atoms with Crippen LogP contribution in [0.15, 0.2) is 24.3 Å². The zero-order valence-electron chi connectivity index (χ0n) is 12.7. The molecule has 0 radical (unpaired) electrons. The van der Waals surface area contributed by atoms with E-state index >= 15 is 0 Å². The standard InChI is InChI=1S/C13H5F13N2/c14-8(15,7-27-5-3-1-2-4-6(5)28-7)9(16,17)10(18,19)11(20,21)12(22,23)13(24,25)26/h1-4H,(H,27,28). The van der Waals surface area contributed by atoms with Crippen LogP contribution in [0.5, 0.6) is 0 Å². The van der Waals surface area contributed by atoms with E-state index in [1.54, 1.807) is 0 Å². The van der Waals surface area contributed by atoms with Crippen molar-refractivity contribution in [1.82, 2.24) is 9.97 Å². The maximum atomic E-state index is 13.9. The molecule has 0 saturated heterocycles. The Kier molecular flexibility index (Phi) is 4.64. The minimum absolute atomic E-state index is 0.455. The first-order valence-corrected chi connectivity index (χ1v) is 6.73. The number of alkyl halides is 13. The van der Waals surface area contributed by atoms with Gasteiger partial charge in [0, 0.05) is 0 Å². The predicted octanol–water partition coefficient (Wildman–Crippen LogP) is 5.76. The molecule has 158 valence electrons. The van der Waals surface area contributed by atoms with E-state index in [-0.39, 0.29) is 0 Å². The highest BCUT2D eigenvalue weighted by Crippen LogP contribution is 2.61. The number of nitrogens with zero attached hydrogens (tertiary/aromatic N) is 1. The fourth-order valence-electron chi connectivity index (χ4n) is 2.02. The summed E-state index contributed by atoms with van der Waals surface area (Å²) in [6.45, 7) is 0. The Morgan fingerprint density at radius 1 is 0.607 bits per heavy atom. The summed E-state index contributed by atoms with van der Waals surface area (Å²) in [7, 11) is 0. The highest BCUT2D eigenvalue weighted by molar-refractivity contribution is 5.74. The van der Waals surface area contributed by atoms with Crippen molar-refractivity contribution in [3.8, 4) is 0 Å². The van der Waals surface area contributed by atoms with Gasteiger partial charge in [0.15, 0.2) is 5.82 Å². The van der Waals surface area contributed by atoms with Crippen LogP contribution in [0.4, 0.5) is 57.1 Å². The summed E-state index contributed by atoms with van der Waals surface area (Å²) in [5.41, 5.74) is -0.979. The number of hydrogen-bond acceptors (Lipinski definition) is 1. The summed E-state index contributed by atoms with van der Waals surface area (Å²) < 4.78 is 170. The van der Waals surface area contributed by atoms with Gasteiger partial charge in [-0.05, 0) is 12.1 Å². The smallest absolute Gasteiger partial charge is 0.337 e. The lowest BCUT2D eigenvalue weighted by Crippen LogP contribution is -2.69. The molecule has 0 unspecified atom stereocenters. The third kappa shape index (κ3) is 2.69. The Hall–Kier alpha value is -2.22. The van der Waals surface area contributed by atoms with E-state index in [9.17, 15) is 57.1 Å². The molecule has 1 aromatic heterocycles. The van der Waals surface area contributed by atoms with Crippen molar-refractivity contribution in [3.63, 3.8) is 0 Å². The van der Waals surface area contributed by atoms with Gasteiger partial charge in [-0.25, -0.2) is 4.98 Å². The third-order valence-corrected chi connectivity index (χ3v) is 3.62. The second-order valence-corrected chi connectivity index (χ2v) is 5.47. The molecule has 0 aliphatic carbocycles. The van der Waals surface area contributed by atoms with Crippen molar-refractivity contribution in [2.45, 2.75) is 35.8 Å². The summed E-state index contributed by atoms with van der Waals surface area (Å²) in [4.78, 5) is 4.19. The number of nitrogens with one attached hydrogen (secondary N) is 1. The lowest BCUT2D eigenvalue weighted by atomic mass is 9.93. The van der Waals surface area contributed by atoms with Crippen LogP contribution < -0.4 is 0 Å². The van der Waals surface area contributed by atoms with Gasteiger partial charge in [-0.3, -0.25) is 0 Å². The molecule has 0 bridgehead atoms. The monoisotopic (exact) mass is 436 g/mol. The molecule has 2 aromatic rings. The number of hydrogen-bond donors (Lipinski definition) is 1. The Balaban J connectivity index is 2.61. The van der Waals surface area contributed by atoms with Gasteiger partial charge in [0.2, 0.25) is 0 Å². The fourth-order valence-corrected chi connectivity index (χ4v) is 2.02. The molecule has 0 fully saturated rings. The van der Waals surface area contributed by atoms with Gasteiger partial charge in [0.1, 0.15) is 0 Å². The molecular weight excluding hydrogens is 431 g/mol. The molecule has 15 heteroatoms. The van der Waals surface area contributed by atoms with E-state index in [1.807, 2.05) is 0 Å². The van der Waals surface area contributed by atoms with Crippen molar-refractivity contribution in [2.75, 3.05) is 0 Å². The average Bonchev–Trinajstić information content (AvgIpc) is 2.97. The van der Waals surface area contributed by atoms with Gasteiger partial charge in [0.25, 0.3) is 0 Å². The number of rotatable bonds is 5.